The van der Waals surface area contributed by atoms with Crippen LogP contribution in [0.1, 0.15) is 38.8 Å². The Hall–Kier alpha value is -1.05. The molecule has 2 heteroatoms. The highest BCUT2D eigenvalue weighted by Crippen LogP contribution is 2.30. The van der Waals surface area contributed by atoms with Gasteiger partial charge in [-0.1, -0.05) is 27.7 Å². The van der Waals surface area contributed by atoms with Crippen LogP contribution in [0, 0.1) is 5.82 Å². The molecule has 0 amide bonds. The lowest BCUT2D eigenvalue weighted by Gasteiger charge is -2.21. The summed E-state index contributed by atoms with van der Waals surface area (Å²) >= 11 is 0. The molecular formula is C13H19FO. The van der Waals surface area contributed by atoms with E-state index >= 15 is 0 Å². The first-order valence-corrected chi connectivity index (χ1v) is 5.27. The summed E-state index contributed by atoms with van der Waals surface area (Å²) in [6.45, 7) is 8.12. The first kappa shape index (κ1) is 12.0. The van der Waals surface area contributed by atoms with E-state index in [4.69, 9.17) is 4.74 Å². The minimum atomic E-state index is -0.165. The molecule has 0 aliphatic carbocycles. The third-order valence-electron chi connectivity index (χ3n) is 2.59. The average Bonchev–Trinajstić information content (AvgIpc) is 2.15. The first-order chi connectivity index (χ1) is 6.90. The first-order valence-electron chi connectivity index (χ1n) is 5.27. The Morgan fingerprint density at radius 2 is 1.87 bits per heavy atom. The lowest BCUT2D eigenvalue weighted by molar-refractivity contribution is 0.402. The minimum absolute atomic E-state index is 0.0552. The number of methoxy groups -OCH3 is 1. The monoisotopic (exact) mass is 210 g/mol. The summed E-state index contributed by atoms with van der Waals surface area (Å²) < 4.78 is 19.0. The van der Waals surface area contributed by atoms with E-state index in [0.29, 0.717) is 17.7 Å². The van der Waals surface area contributed by atoms with Crippen molar-refractivity contribution in [3.63, 3.8) is 0 Å². The van der Waals surface area contributed by atoms with Crippen molar-refractivity contribution in [2.45, 2.75) is 39.5 Å². The molecule has 0 N–H and O–H groups in total. The average molecular weight is 210 g/mol. The fourth-order valence-corrected chi connectivity index (χ4v) is 1.57. The second-order valence-electron chi connectivity index (χ2n) is 4.74. The molecule has 1 aromatic rings. The molecule has 0 fully saturated rings. The molecule has 0 saturated carbocycles. The van der Waals surface area contributed by atoms with E-state index in [9.17, 15) is 4.39 Å². The van der Waals surface area contributed by atoms with Crippen LogP contribution in [0.5, 0.6) is 5.75 Å². The van der Waals surface area contributed by atoms with Crippen LogP contribution in [0.15, 0.2) is 12.1 Å². The van der Waals surface area contributed by atoms with Crippen LogP contribution in [0.4, 0.5) is 4.39 Å². The molecular weight excluding hydrogens is 191 g/mol. The third kappa shape index (κ3) is 2.49. The van der Waals surface area contributed by atoms with Crippen molar-refractivity contribution in [2.75, 3.05) is 7.11 Å². The highest BCUT2D eigenvalue weighted by atomic mass is 19.1. The van der Waals surface area contributed by atoms with E-state index in [2.05, 4.69) is 20.8 Å². The van der Waals surface area contributed by atoms with Gasteiger partial charge in [0.25, 0.3) is 0 Å². The van der Waals surface area contributed by atoms with Crippen LogP contribution >= 0.6 is 0 Å². The van der Waals surface area contributed by atoms with E-state index in [0.717, 1.165) is 5.56 Å². The molecule has 0 aliphatic heterocycles. The summed E-state index contributed by atoms with van der Waals surface area (Å²) in [5.74, 6) is 0.490. The molecule has 0 spiro atoms. The van der Waals surface area contributed by atoms with Gasteiger partial charge in [0.2, 0.25) is 0 Å². The van der Waals surface area contributed by atoms with Gasteiger partial charge in [0, 0.05) is 5.56 Å². The van der Waals surface area contributed by atoms with Crippen molar-refractivity contribution in [2.24, 2.45) is 0 Å². The van der Waals surface area contributed by atoms with Crippen molar-refractivity contribution in [3.8, 4) is 5.75 Å². The fraction of sp³-hybridized carbons (Fsp3) is 0.538. The number of benzene rings is 1. The molecule has 0 aromatic heterocycles. The molecule has 15 heavy (non-hydrogen) atoms. The predicted molar refractivity (Wildman–Crippen MR) is 61.0 cm³/mol. The van der Waals surface area contributed by atoms with Crippen molar-refractivity contribution >= 4 is 0 Å². The standard InChI is InChI=1S/C13H19FO/c1-6-10-11(14)7-9(13(2,3)4)8-12(10)15-5/h7-8H,6H2,1-5H3. The van der Waals surface area contributed by atoms with Gasteiger partial charge in [-0.3, -0.25) is 0 Å². The van der Waals surface area contributed by atoms with Crippen molar-refractivity contribution in [1.82, 2.24) is 0 Å². The van der Waals surface area contributed by atoms with Gasteiger partial charge in [0.1, 0.15) is 11.6 Å². The van der Waals surface area contributed by atoms with Crippen LogP contribution in [0.2, 0.25) is 0 Å². The molecule has 0 heterocycles. The summed E-state index contributed by atoms with van der Waals surface area (Å²) in [6.07, 6.45) is 0.652. The zero-order valence-electron chi connectivity index (χ0n) is 10.1. The molecule has 0 aliphatic rings. The second kappa shape index (κ2) is 4.21. The van der Waals surface area contributed by atoms with Gasteiger partial charge < -0.3 is 4.74 Å². The van der Waals surface area contributed by atoms with Crippen molar-refractivity contribution in [1.29, 1.82) is 0 Å². The summed E-state index contributed by atoms with van der Waals surface area (Å²) in [4.78, 5) is 0. The smallest absolute Gasteiger partial charge is 0.130 e. The lowest BCUT2D eigenvalue weighted by atomic mass is 9.86. The number of ether oxygens (including phenoxy) is 1. The van der Waals surface area contributed by atoms with Gasteiger partial charge in [0.05, 0.1) is 7.11 Å². The highest BCUT2D eigenvalue weighted by molar-refractivity contribution is 5.41. The Labute approximate surface area is 91.3 Å². The minimum Gasteiger partial charge on any atom is -0.496 e. The molecule has 0 radical (unpaired) electrons. The SMILES string of the molecule is CCc1c(F)cc(C(C)(C)C)cc1OC. The third-order valence-corrected chi connectivity index (χ3v) is 2.59. The molecule has 1 rings (SSSR count). The summed E-state index contributed by atoms with van der Waals surface area (Å²) in [7, 11) is 1.58. The van der Waals surface area contributed by atoms with E-state index in [1.54, 1.807) is 13.2 Å². The van der Waals surface area contributed by atoms with Gasteiger partial charge in [0.15, 0.2) is 0 Å². The van der Waals surface area contributed by atoms with E-state index in [1.165, 1.54) is 0 Å². The maximum absolute atomic E-state index is 13.7. The van der Waals surface area contributed by atoms with Crippen LogP contribution < -0.4 is 4.74 Å². The summed E-state index contributed by atoms with van der Waals surface area (Å²) in [6, 6.07) is 3.54. The van der Waals surface area contributed by atoms with Gasteiger partial charge in [-0.2, -0.15) is 0 Å². The van der Waals surface area contributed by atoms with Crippen LogP contribution in [-0.4, -0.2) is 7.11 Å². The van der Waals surface area contributed by atoms with E-state index < -0.39 is 0 Å². The number of hydrogen-bond donors (Lipinski definition) is 0. The molecule has 0 saturated heterocycles. The maximum Gasteiger partial charge on any atom is 0.130 e. The summed E-state index contributed by atoms with van der Waals surface area (Å²) in [5.41, 5.74) is 1.57. The number of rotatable bonds is 2. The second-order valence-corrected chi connectivity index (χ2v) is 4.74. The zero-order chi connectivity index (χ0) is 11.6. The number of hydrogen-bond acceptors (Lipinski definition) is 1. The molecule has 1 aromatic carbocycles. The van der Waals surface area contributed by atoms with Gasteiger partial charge >= 0.3 is 0 Å². The molecule has 1 nitrogen and oxygen atoms in total. The van der Waals surface area contributed by atoms with Gasteiger partial charge in [-0.05, 0) is 29.5 Å². The van der Waals surface area contributed by atoms with Crippen molar-refractivity contribution < 1.29 is 9.13 Å². The zero-order valence-corrected chi connectivity index (χ0v) is 10.1. The predicted octanol–water partition coefficient (Wildman–Crippen LogP) is 3.69. The Bertz CT molecular complexity index is 350. The molecule has 0 atom stereocenters. The summed E-state index contributed by atoms with van der Waals surface area (Å²) in [5, 5.41) is 0. The molecule has 0 unspecified atom stereocenters. The Morgan fingerprint density at radius 1 is 1.27 bits per heavy atom. The Balaban J connectivity index is 3.32. The van der Waals surface area contributed by atoms with Gasteiger partial charge in [-0.25, -0.2) is 4.39 Å². The highest BCUT2D eigenvalue weighted by Gasteiger charge is 2.18. The lowest BCUT2D eigenvalue weighted by Crippen LogP contribution is -2.12. The maximum atomic E-state index is 13.7. The Kier molecular flexibility index (Phi) is 3.38. The normalized spacial score (nSPS) is 11.6. The Morgan fingerprint density at radius 3 is 2.27 bits per heavy atom. The largest absolute Gasteiger partial charge is 0.496 e. The van der Waals surface area contributed by atoms with Crippen LogP contribution in [-0.2, 0) is 11.8 Å². The molecule has 84 valence electrons. The van der Waals surface area contributed by atoms with Crippen molar-refractivity contribution in [3.05, 3.63) is 29.1 Å². The van der Waals surface area contributed by atoms with Crippen LogP contribution in [0.25, 0.3) is 0 Å². The van der Waals surface area contributed by atoms with E-state index in [-0.39, 0.29) is 11.2 Å². The fourth-order valence-electron chi connectivity index (χ4n) is 1.57. The topological polar surface area (TPSA) is 9.23 Å². The van der Waals surface area contributed by atoms with Gasteiger partial charge in [-0.15, -0.1) is 0 Å². The van der Waals surface area contributed by atoms with Crippen LogP contribution in [0.3, 0.4) is 0 Å². The number of halogens is 1. The quantitative estimate of drug-likeness (QED) is 0.723. The molecule has 0 bridgehead atoms. The van der Waals surface area contributed by atoms with E-state index in [1.807, 2.05) is 13.0 Å².